The number of imidazole rings is 1. The van der Waals surface area contributed by atoms with Crippen LogP contribution in [0.5, 0.6) is 0 Å². The number of aliphatic imine (C=N–C) groups is 1. The highest BCUT2D eigenvalue weighted by molar-refractivity contribution is 7.17. The summed E-state index contributed by atoms with van der Waals surface area (Å²) in [6.07, 6.45) is 5.61. The van der Waals surface area contributed by atoms with E-state index in [0.717, 1.165) is 10.8 Å². The van der Waals surface area contributed by atoms with Crippen LogP contribution >= 0.6 is 11.3 Å². The molecule has 0 spiro atoms. The van der Waals surface area contributed by atoms with E-state index in [0.29, 0.717) is 13.2 Å². The Hall–Kier alpha value is -3.18. The Morgan fingerprint density at radius 2 is 1.90 bits per heavy atom. The van der Waals surface area contributed by atoms with Gasteiger partial charge in [-0.2, -0.15) is 0 Å². The summed E-state index contributed by atoms with van der Waals surface area (Å²) in [4.78, 5) is 11.6. The molecule has 144 valence electrons. The molecule has 1 aliphatic rings. The number of thiophene rings is 1. The molecule has 0 amide bonds. The molecule has 0 fully saturated rings. The monoisotopic (exact) mass is 399 g/mol. The molecule has 4 aromatic rings. The van der Waals surface area contributed by atoms with E-state index in [1.807, 2.05) is 18.6 Å². The zero-order valence-corrected chi connectivity index (χ0v) is 17.0. The number of aromatic nitrogens is 2. The lowest BCUT2D eigenvalue weighted by Crippen LogP contribution is -2.31. The number of aryl methyl sites for hydroxylation is 1. The summed E-state index contributed by atoms with van der Waals surface area (Å²) in [6, 6.07) is 23.2. The van der Waals surface area contributed by atoms with Crippen molar-refractivity contribution in [3.8, 4) is 10.4 Å². The first kappa shape index (κ1) is 17.9. The van der Waals surface area contributed by atoms with E-state index in [1.165, 1.54) is 21.6 Å². The van der Waals surface area contributed by atoms with Crippen molar-refractivity contribution in [3.05, 3.63) is 101 Å². The molecule has 1 aliphatic heterocycles. The first-order chi connectivity index (χ1) is 14.2. The largest absolute Gasteiger partial charge is 0.474 e. The summed E-state index contributed by atoms with van der Waals surface area (Å²) in [7, 11) is 0. The van der Waals surface area contributed by atoms with Crippen molar-refractivity contribution in [2.45, 2.75) is 19.0 Å². The zero-order chi connectivity index (χ0) is 19.7. The molecule has 4 nitrogen and oxygen atoms in total. The minimum Gasteiger partial charge on any atom is -0.474 e. The minimum atomic E-state index is -0.459. The topological polar surface area (TPSA) is 39.4 Å². The molecule has 5 rings (SSSR count). The second-order valence-corrected chi connectivity index (χ2v) is 8.46. The van der Waals surface area contributed by atoms with Crippen LogP contribution in [0.4, 0.5) is 0 Å². The summed E-state index contributed by atoms with van der Waals surface area (Å²) >= 11 is 1.72. The molecule has 2 aromatic carbocycles. The van der Waals surface area contributed by atoms with Gasteiger partial charge in [-0.3, -0.25) is 0 Å². The Morgan fingerprint density at radius 3 is 2.69 bits per heavy atom. The van der Waals surface area contributed by atoms with Crippen LogP contribution in [0.2, 0.25) is 0 Å². The van der Waals surface area contributed by atoms with Crippen molar-refractivity contribution in [2.75, 3.05) is 6.61 Å². The number of hydrogen-bond donors (Lipinski definition) is 0. The van der Waals surface area contributed by atoms with Gasteiger partial charge in [-0.25, -0.2) is 9.98 Å². The van der Waals surface area contributed by atoms with Gasteiger partial charge in [-0.05, 0) is 30.2 Å². The molecule has 1 unspecified atom stereocenters. The van der Waals surface area contributed by atoms with E-state index < -0.39 is 5.54 Å². The summed E-state index contributed by atoms with van der Waals surface area (Å²) in [5.74, 6) is 0.721. The van der Waals surface area contributed by atoms with E-state index in [2.05, 4.69) is 77.1 Å². The summed E-state index contributed by atoms with van der Waals surface area (Å²) in [5, 5.41) is 0. The van der Waals surface area contributed by atoms with Crippen LogP contribution in [0.25, 0.3) is 10.4 Å². The van der Waals surface area contributed by atoms with Crippen LogP contribution in [-0.2, 0) is 16.8 Å². The van der Waals surface area contributed by atoms with Crippen LogP contribution in [0, 0.1) is 6.92 Å². The number of hydrogen-bond acceptors (Lipinski definition) is 4. The fourth-order valence-electron chi connectivity index (χ4n) is 3.72. The Kier molecular flexibility index (Phi) is 4.52. The lowest BCUT2D eigenvalue weighted by Gasteiger charge is -2.25. The van der Waals surface area contributed by atoms with Gasteiger partial charge < -0.3 is 9.30 Å². The van der Waals surface area contributed by atoms with Crippen LogP contribution in [0.15, 0.2) is 90.4 Å². The van der Waals surface area contributed by atoms with Gasteiger partial charge in [0.15, 0.2) is 0 Å². The van der Waals surface area contributed by atoms with Crippen molar-refractivity contribution in [1.29, 1.82) is 0 Å². The molecule has 0 aliphatic carbocycles. The maximum Gasteiger partial charge on any atom is 0.227 e. The Labute approximate surface area is 174 Å². The average molecular weight is 400 g/mol. The Morgan fingerprint density at radius 1 is 1.03 bits per heavy atom. The van der Waals surface area contributed by atoms with Gasteiger partial charge in [0.25, 0.3) is 0 Å². The van der Waals surface area contributed by atoms with Crippen molar-refractivity contribution in [2.24, 2.45) is 4.99 Å². The highest BCUT2D eigenvalue weighted by Crippen LogP contribution is 2.37. The van der Waals surface area contributed by atoms with Crippen LogP contribution < -0.4 is 0 Å². The standard InChI is InChI=1S/C24H21N3OS/c1-18-6-5-9-20(14-18)24(15-27-13-12-25-17-27)16-28-23(26-24)22-11-10-21(29-22)19-7-3-2-4-8-19/h2-14,17H,15-16H2,1H3. The highest BCUT2D eigenvalue weighted by atomic mass is 32.1. The van der Waals surface area contributed by atoms with E-state index >= 15 is 0 Å². The fraction of sp³-hybridized carbons (Fsp3) is 0.167. The molecule has 0 bridgehead atoms. The Balaban J connectivity index is 1.53. The molecule has 0 saturated heterocycles. The van der Waals surface area contributed by atoms with Crippen molar-refractivity contribution in [1.82, 2.24) is 9.55 Å². The predicted molar refractivity (Wildman–Crippen MR) is 117 cm³/mol. The summed E-state index contributed by atoms with van der Waals surface area (Å²) < 4.78 is 8.25. The zero-order valence-electron chi connectivity index (χ0n) is 16.2. The third kappa shape index (κ3) is 3.49. The number of nitrogens with zero attached hydrogens (tertiary/aromatic N) is 3. The van der Waals surface area contributed by atoms with E-state index in [9.17, 15) is 0 Å². The Bertz CT molecular complexity index is 1150. The van der Waals surface area contributed by atoms with Gasteiger partial charge in [-0.1, -0.05) is 60.2 Å². The minimum absolute atomic E-state index is 0.459. The molecule has 2 aromatic heterocycles. The van der Waals surface area contributed by atoms with Crippen molar-refractivity contribution in [3.63, 3.8) is 0 Å². The molecule has 3 heterocycles. The fourth-order valence-corrected chi connectivity index (χ4v) is 4.68. The maximum absolute atomic E-state index is 6.17. The first-order valence-corrected chi connectivity index (χ1v) is 10.4. The molecular weight excluding hydrogens is 378 g/mol. The van der Waals surface area contributed by atoms with Crippen molar-refractivity contribution < 1.29 is 4.74 Å². The number of rotatable bonds is 5. The average Bonchev–Trinajstić information content (AvgIpc) is 3.50. The molecular formula is C24H21N3OS. The third-order valence-electron chi connectivity index (χ3n) is 5.20. The third-order valence-corrected chi connectivity index (χ3v) is 6.32. The molecule has 29 heavy (non-hydrogen) atoms. The van der Waals surface area contributed by atoms with E-state index in [1.54, 1.807) is 17.5 Å². The molecule has 0 N–H and O–H groups in total. The van der Waals surface area contributed by atoms with Gasteiger partial charge in [0.1, 0.15) is 12.1 Å². The highest BCUT2D eigenvalue weighted by Gasteiger charge is 2.39. The molecule has 0 saturated carbocycles. The van der Waals surface area contributed by atoms with Crippen LogP contribution in [0.3, 0.4) is 0 Å². The number of ether oxygens (including phenoxy) is 1. The SMILES string of the molecule is Cc1cccc(C2(Cn3ccnc3)COC(c3ccc(-c4ccccc4)s3)=N2)c1. The lowest BCUT2D eigenvalue weighted by atomic mass is 9.90. The number of benzene rings is 2. The van der Waals surface area contributed by atoms with Gasteiger partial charge in [0.05, 0.1) is 17.7 Å². The second-order valence-electron chi connectivity index (χ2n) is 7.37. The summed E-state index contributed by atoms with van der Waals surface area (Å²) in [6.45, 7) is 3.32. The smallest absolute Gasteiger partial charge is 0.227 e. The normalized spacial score (nSPS) is 18.4. The quantitative estimate of drug-likeness (QED) is 0.457. The van der Waals surface area contributed by atoms with Gasteiger partial charge in [0, 0.05) is 17.3 Å². The lowest BCUT2D eigenvalue weighted by molar-refractivity contribution is 0.236. The van der Waals surface area contributed by atoms with Crippen LogP contribution in [-0.4, -0.2) is 22.1 Å². The predicted octanol–water partition coefficient (Wildman–Crippen LogP) is 5.29. The van der Waals surface area contributed by atoms with E-state index in [-0.39, 0.29) is 0 Å². The molecule has 1 atom stereocenters. The molecule has 5 heteroatoms. The first-order valence-electron chi connectivity index (χ1n) is 9.63. The van der Waals surface area contributed by atoms with Gasteiger partial charge in [0.2, 0.25) is 5.90 Å². The van der Waals surface area contributed by atoms with Crippen molar-refractivity contribution >= 4 is 17.2 Å². The van der Waals surface area contributed by atoms with Gasteiger partial charge in [-0.15, -0.1) is 11.3 Å². The summed E-state index contributed by atoms with van der Waals surface area (Å²) in [5.41, 5.74) is 3.14. The van der Waals surface area contributed by atoms with E-state index in [4.69, 9.17) is 9.73 Å². The maximum atomic E-state index is 6.17. The van der Waals surface area contributed by atoms with Gasteiger partial charge >= 0.3 is 0 Å². The second kappa shape index (κ2) is 7.33. The van der Waals surface area contributed by atoms with Crippen LogP contribution in [0.1, 0.15) is 16.0 Å². The molecule has 0 radical (unpaired) electrons.